The number of allylic oxidation sites excluding steroid dienone is 3. The van der Waals surface area contributed by atoms with Gasteiger partial charge in [0.25, 0.3) is 0 Å². The average Bonchev–Trinajstić information content (AvgIpc) is 2.27. The average molecular weight is 228 g/mol. The van der Waals surface area contributed by atoms with Crippen LogP contribution in [0.5, 0.6) is 11.5 Å². The number of phenols is 1. The standard InChI is InChI=1S/C15H16O2/c1-10(2)4-8-13-14(16)9-7-12-6-5-11(3)17-15(12)13/h4-7,9,16H,3,8H2,1-2H3. The first-order valence-corrected chi connectivity index (χ1v) is 5.61. The van der Waals surface area contributed by atoms with Gasteiger partial charge >= 0.3 is 0 Å². The van der Waals surface area contributed by atoms with Crippen molar-refractivity contribution in [2.75, 3.05) is 0 Å². The third-order valence-corrected chi connectivity index (χ3v) is 2.66. The summed E-state index contributed by atoms with van der Waals surface area (Å²) in [5.74, 6) is 1.58. The third kappa shape index (κ3) is 2.41. The van der Waals surface area contributed by atoms with Crippen molar-refractivity contribution < 1.29 is 9.84 Å². The molecule has 1 N–H and O–H groups in total. The zero-order chi connectivity index (χ0) is 12.4. The van der Waals surface area contributed by atoms with E-state index in [1.807, 2.05) is 32.1 Å². The molecule has 2 nitrogen and oxygen atoms in total. The second kappa shape index (κ2) is 4.50. The lowest BCUT2D eigenvalue weighted by molar-refractivity contribution is 0.423. The van der Waals surface area contributed by atoms with Crippen molar-refractivity contribution in [1.29, 1.82) is 0 Å². The highest BCUT2D eigenvalue weighted by molar-refractivity contribution is 5.67. The summed E-state index contributed by atoms with van der Waals surface area (Å²) in [6, 6.07) is 3.55. The molecule has 1 aromatic rings. The molecule has 0 aliphatic carbocycles. The van der Waals surface area contributed by atoms with Crippen LogP contribution in [-0.4, -0.2) is 5.11 Å². The minimum Gasteiger partial charge on any atom is -0.508 e. The Balaban J connectivity index is 2.47. The molecule has 0 aromatic heterocycles. The summed E-state index contributed by atoms with van der Waals surface area (Å²) in [6.45, 7) is 7.84. The molecule has 2 heteroatoms. The number of phenolic OH excluding ortho intramolecular Hbond substituents is 1. The molecule has 0 fully saturated rings. The first kappa shape index (κ1) is 11.5. The van der Waals surface area contributed by atoms with Crippen molar-refractivity contribution in [2.24, 2.45) is 0 Å². The Bertz CT molecular complexity index is 518. The van der Waals surface area contributed by atoms with Crippen molar-refractivity contribution in [3.8, 4) is 11.5 Å². The zero-order valence-electron chi connectivity index (χ0n) is 10.2. The van der Waals surface area contributed by atoms with E-state index < -0.39 is 0 Å². The maximum absolute atomic E-state index is 9.90. The van der Waals surface area contributed by atoms with Crippen LogP contribution in [0.2, 0.25) is 0 Å². The van der Waals surface area contributed by atoms with Crippen LogP contribution in [0.3, 0.4) is 0 Å². The predicted molar refractivity (Wildman–Crippen MR) is 70.0 cm³/mol. The van der Waals surface area contributed by atoms with Crippen LogP contribution in [-0.2, 0) is 6.42 Å². The lowest BCUT2D eigenvalue weighted by atomic mass is 10.0. The minimum absolute atomic E-state index is 0.268. The first-order chi connectivity index (χ1) is 8.08. The number of aromatic hydroxyl groups is 1. The first-order valence-electron chi connectivity index (χ1n) is 5.61. The predicted octanol–water partition coefficient (Wildman–Crippen LogP) is 3.82. The summed E-state index contributed by atoms with van der Waals surface area (Å²) in [5.41, 5.74) is 3.01. The van der Waals surface area contributed by atoms with Crippen LogP contribution in [0.1, 0.15) is 25.0 Å². The number of benzene rings is 1. The molecule has 0 radical (unpaired) electrons. The summed E-state index contributed by atoms with van der Waals surface area (Å²) < 4.78 is 5.61. The van der Waals surface area contributed by atoms with Gasteiger partial charge in [0, 0.05) is 11.1 Å². The molecule has 0 bridgehead atoms. The van der Waals surface area contributed by atoms with E-state index in [9.17, 15) is 5.11 Å². The monoisotopic (exact) mass is 228 g/mol. The van der Waals surface area contributed by atoms with Crippen molar-refractivity contribution in [3.63, 3.8) is 0 Å². The normalized spacial score (nSPS) is 12.9. The molecule has 1 aliphatic rings. The molecular weight excluding hydrogens is 212 g/mol. The van der Waals surface area contributed by atoms with Gasteiger partial charge in [-0.15, -0.1) is 0 Å². The Morgan fingerprint density at radius 2 is 2.12 bits per heavy atom. The second-order valence-electron chi connectivity index (χ2n) is 4.37. The summed E-state index contributed by atoms with van der Waals surface area (Å²) in [5, 5.41) is 9.90. The highest BCUT2D eigenvalue weighted by atomic mass is 16.5. The van der Waals surface area contributed by atoms with E-state index in [-0.39, 0.29) is 5.75 Å². The number of hydrogen-bond acceptors (Lipinski definition) is 2. The SMILES string of the molecule is C=C1C=Cc2ccc(O)c(CC=C(C)C)c2O1. The molecule has 1 aromatic carbocycles. The van der Waals surface area contributed by atoms with E-state index >= 15 is 0 Å². The van der Waals surface area contributed by atoms with Crippen LogP contribution < -0.4 is 4.74 Å². The second-order valence-corrected chi connectivity index (χ2v) is 4.37. The zero-order valence-corrected chi connectivity index (χ0v) is 10.2. The molecule has 0 atom stereocenters. The maximum atomic E-state index is 9.90. The van der Waals surface area contributed by atoms with Gasteiger partial charge in [0.1, 0.15) is 17.3 Å². The smallest absolute Gasteiger partial charge is 0.141 e. The van der Waals surface area contributed by atoms with Crippen LogP contribution in [0.4, 0.5) is 0 Å². The largest absolute Gasteiger partial charge is 0.508 e. The van der Waals surface area contributed by atoms with Gasteiger partial charge in [0.05, 0.1) is 0 Å². The molecule has 17 heavy (non-hydrogen) atoms. The van der Waals surface area contributed by atoms with Crippen LogP contribution >= 0.6 is 0 Å². The fourth-order valence-corrected chi connectivity index (χ4v) is 1.74. The highest BCUT2D eigenvalue weighted by Crippen LogP contribution is 2.36. The summed E-state index contributed by atoms with van der Waals surface area (Å²) in [7, 11) is 0. The molecular formula is C15H16O2. The number of hydrogen-bond donors (Lipinski definition) is 1. The lowest BCUT2D eigenvalue weighted by Crippen LogP contribution is -2.01. The van der Waals surface area contributed by atoms with Gasteiger partial charge in [-0.1, -0.05) is 18.2 Å². The van der Waals surface area contributed by atoms with Crippen LogP contribution in [0.15, 0.2) is 42.2 Å². The van der Waals surface area contributed by atoms with Crippen molar-refractivity contribution in [1.82, 2.24) is 0 Å². The van der Waals surface area contributed by atoms with Gasteiger partial charge in [-0.05, 0) is 44.6 Å². The summed E-state index contributed by atoms with van der Waals surface area (Å²) in [4.78, 5) is 0. The molecule has 88 valence electrons. The third-order valence-electron chi connectivity index (χ3n) is 2.66. The van der Waals surface area contributed by atoms with Gasteiger partial charge in [-0.3, -0.25) is 0 Å². The Hall–Kier alpha value is -1.96. The van der Waals surface area contributed by atoms with Gasteiger partial charge in [-0.2, -0.15) is 0 Å². The molecule has 0 saturated heterocycles. The minimum atomic E-state index is 0.268. The van der Waals surface area contributed by atoms with Crippen LogP contribution in [0, 0.1) is 0 Å². The van der Waals surface area contributed by atoms with Gasteiger partial charge in [0.2, 0.25) is 0 Å². The van der Waals surface area contributed by atoms with E-state index in [0.29, 0.717) is 12.2 Å². The van der Waals surface area contributed by atoms with Gasteiger partial charge in [-0.25, -0.2) is 0 Å². The molecule has 0 unspecified atom stereocenters. The van der Waals surface area contributed by atoms with Crippen LogP contribution in [0.25, 0.3) is 6.08 Å². The Labute approximate surface area is 102 Å². The van der Waals surface area contributed by atoms with E-state index in [2.05, 4.69) is 12.7 Å². The van der Waals surface area contributed by atoms with E-state index in [1.54, 1.807) is 6.07 Å². The Morgan fingerprint density at radius 1 is 1.35 bits per heavy atom. The molecule has 0 amide bonds. The topological polar surface area (TPSA) is 29.5 Å². The van der Waals surface area contributed by atoms with Crippen molar-refractivity contribution in [2.45, 2.75) is 20.3 Å². The molecule has 0 spiro atoms. The van der Waals surface area contributed by atoms with Crippen molar-refractivity contribution in [3.05, 3.63) is 53.3 Å². The number of fused-ring (bicyclic) bond motifs is 1. The van der Waals surface area contributed by atoms with E-state index in [0.717, 1.165) is 16.9 Å². The van der Waals surface area contributed by atoms with Gasteiger partial charge in [0.15, 0.2) is 0 Å². The van der Waals surface area contributed by atoms with E-state index in [1.165, 1.54) is 5.57 Å². The highest BCUT2D eigenvalue weighted by Gasteiger charge is 2.15. The van der Waals surface area contributed by atoms with Gasteiger partial charge < -0.3 is 9.84 Å². The molecule has 1 aliphatic heterocycles. The molecule has 0 saturated carbocycles. The molecule has 2 rings (SSSR count). The molecule has 1 heterocycles. The van der Waals surface area contributed by atoms with E-state index in [4.69, 9.17) is 4.74 Å². The lowest BCUT2D eigenvalue weighted by Gasteiger charge is -2.18. The number of ether oxygens (including phenoxy) is 1. The maximum Gasteiger partial charge on any atom is 0.141 e. The van der Waals surface area contributed by atoms with Crippen molar-refractivity contribution >= 4 is 6.08 Å². The summed E-state index contributed by atoms with van der Waals surface area (Å²) >= 11 is 0. The fourth-order valence-electron chi connectivity index (χ4n) is 1.74. The quantitative estimate of drug-likeness (QED) is 0.780. The number of rotatable bonds is 2. The summed E-state index contributed by atoms with van der Waals surface area (Å²) in [6.07, 6.45) is 6.51. The Kier molecular flexibility index (Phi) is 3.05. The fraction of sp³-hybridized carbons (Fsp3) is 0.200. The Morgan fingerprint density at radius 3 is 2.82 bits per heavy atom.